The Morgan fingerprint density at radius 3 is 2.15 bits per heavy atom. The summed E-state index contributed by atoms with van der Waals surface area (Å²) in [4.78, 5) is 15.1. The van der Waals surface area contributed by atoms with Crippen molar-refractivity contribution < 1.29 is 0 Å². The van der Waals surface area contributed by atoms with Crippen LogP contribution in [0.3, 0.4) is 0 Å². The number of anilines is 3. The van der Waals surface area contributed by atoms with Gasteiger partial charge in [0, 0.05) is 18.6 Å². The Balaban J connectivity index is 3.04. The standard InChI is InChI=1S/C13H27N7/c1-6-9-13(4,5)18-10-15-11(19-14)17-12(16-10)20(7-2)8-3/h6-9,14H2,1-5H3,(H2,15,16,17,18,19). The second-order valence-corrected chi connectivity index (χ2v) is 5.36. The SMILES string of the molecule is CCCC(C)(C)Nc1nc(NN)nc(N(CC)CC)n1. The van der Waals surface area contributed by atoms with Gasteiger partial charge in [-0.2, -0.15) is 15.0 Å². The van der Waals surface area contributed by atoms with E-state index in [1.165, 1.54) is 0 Å². The van der Waals surface area contributed by atoms with E-state index in [1.54, 1.807) is 0 Å². The molecule has 0 amide bonds. The number of nitrogens with one attached hydrogen (secondary N) is 2. The number of hydrogen-bond acceptors (Lipinski definition) is 7. The summed E-state index contributed by atoms with van der Waals surface area (Å²) in [6.07, 6.45) is 2.13. The number of hydrazine groups is 1. The third kappa shape index (κ3) is 4.48. The van der Waals surface area contributed by atoms with E-state index in [2.05, 4.69) is 65.2 Å². The molecule has 1 heterocycles. The summed E-state index contributed by atoms with van der Waals surface area (Å²) >= 11 is 0. The zero-order valence-corrected chi connectivity index (χ0v) is 13.2. The van der Waals surface area contributed by atoms with Gasteiger partial charge in [0.05, 0.1) is 0 Å². The number of nitrogens with two attached hydrogens (primary N) is 1. The molecule has 0 unspecified atom stereocenters. The molecular weight excluding hydrogens is 254 g/mol. The first-order valence-electron chi connectivity index (χ1n) is 7.21. The largest absolute Gasteiger partial charge is 0.349 e. The highest BCUT2D eigenvalue weighted by Crippen LogP contribution is 2.19. The fourth-order valence-corrected chi connectivity index (χ4v) is 2.12. The second-order valence-electron chi connectivity index (χ2n) is 5.36. The molecule has 1 aromatic heterocycles. The first-order valence-corrected chi connectivity index (χ1v) is 7.21. The summed E-state index contributed by atoms with van der Waals surface area (Å²) in [5.41, 5.74) is 2.43. The summed E-state index contributed by atoms with van der Waals surface area (Å²) in [5, 5.41) is 3.35. The molecule has 20 heavy (non-hydrogen) atoms. The van der Waals surface area contributed by atoms with Crippen LogP contribution in [0.2, 0.25) is 0 Å². The molecule has 7 nitrogen and oxygen atoms in total. The van der Waals surface area contributed by atoms with E-state index in [-0.39, 0.29) is 5.54 Å². The summed E-state index contributed by atoms with van der Waals surface area (Å²) < 4.78 is 0. The molecule has 0 bridgehead atoms. The third-order valence-electron chi connectivity index (χ3n) is 3.12. The van der Waals surface area contributed by atoms with Crippen LogP contribution >= 0.6 is 0 Å². The van der Waals surface area contributed by atoms with Crippen LogP contribution in [-0.2, 0) is 0 Å². The van der Waals surface area contributed by atoms with Crippen LogP contribution in [0.25, 0.3) is 0 Å². The smallest absolute Gasteiger partial charge is 0.243 e. The highest BCUT2D eigenvalue weighted by Gasteiger charge is 2.19. The normalized spacial score (nSPS) is 11.3. The van der Waals surface area contributed by atoms with Crippen molar-refractivity contribution in [3.05, 3.63) is 0 Å². The predicted molar refractivity (Wildman–Crippen MR) is 83.8 cm³/mol. The maximum atomic E-state index is 5.44. The average Bonchev–Trinajstić information content (AvgIpc) is 2.39. The minimum Gasteiger partial charge on any atom is -0.349 e. The van der Waals surface area contributed by atoms with Crippen molar-refractivity contribution in [1.29, 1.82) is 0 Å². The highest BCUT2D eigenvalue weighted by molar-refractivity contribution is 5.44. The fraction of sp³-hybridized carbons (Fsp3) is 0.769. The number of aromatic nitrogens is 3. The molecule has 0 radical (unpaired) electrons. The van der Waals surface area contributed by atoms with E-state index in [4.69, 9.17) is 5.84 Å². The Hall–Kier alpha value is -1.63. The summed E-state index contributed by atoms with van der Waals surface area (Å²) in [7, 11) is 0. The predicted octanol–water partition coefficient (Wildman–Crippen LogP) is 1.99. The lowest BCUT2D eigenvalue weighted by Gasteiger charge is -2.26. The molecule has 0 saturated heterocycles. The second kappa shape index (κ2) is 7.23. The number of hydrogen-bond donors (Lipinski definition) is 3. The molecule has 0 spiro atoms. The van der Waals surface area contributed by atoms with Gasteiger partial charge in [0.15, 0.2) is 0 Å². The van der Waals surface area contributed by atoms with E-state index >= 15 is 0 Å². The van der Waals surface area contributed by atoms with Gasteiger partial charge in [0.2, 0.25) is 17.8 Å². The van der Waals surface area contributed by atoms with Crippen molar-refractivity contribution in [2.24, 2.45) is 5.84 Å². The van der Waals surface area contributed by atoms with Crippen molar-refractivity contribution >= 4 is 17.8 Å². The summed E-state index contributed by atoms with van der Waals surface area (Å²) in [6, 6.07) is 0. The van der Waals surface area contributed by atoms with Crippen LogP contribution in [0.15, 0.2) is 0 Å². The number of nitrogens with zero attached hydrogens (tertiary/aromatic N) is 4. The number of nitrogen functional groups attached to an aromatic ring is 1. The Kier molecular flexibility index (Phi) is 5.94. The van der Waals surface area contributed by atoms with Crippen molar-refractivity contribution in [3.63, 3.8) is 0 Å². The van der Waals surface area contributed by atoms with Crippen molar-refractivity contribution in [3.8, 4) is 0 Å². The lowest BCUT2D eigenvalue weighted by molar-refractivity contribution is 0.506. The molecule has 0 saturated carbocycles. The molecule has 114 valence electrons. The quantitative estimate of drug-likeness (QED) is 0.495. The molecule has 0 aliphatic carbocycles. The zero-order valence-electron chi connectivity index (χ0n) is 13.2. The monoisotopic (exact) mass is 281 g/mol. The fourth-order valence-electron chi connectivity index (χ4n) is 2.12. The molecule has 0 atom stereocenters. The molecule has 1 aromatic rings. The molecular formula is C13H27N7. The molecule has 0 fully saturated rings. The topological polar surface area (TPSA) is 92.0 Å². The third-order valence-corrected chi connectivity index (χ3v) is 3.12. The number of rotatable bonds is 8. The minimum atomic E-state index is -0.0670. The first kappa shape index (κ1) is 16.4. The molecule has 7 heteroatoms. The Morgan fingerprint density at radius 1 is 1.05 bits per heavy atom. The maximum Gasteiger partial charge on any atom is 0.243 e. The van der Waals surface area contributed by atoms with Gasteiger partial charge in [-0.1, -0.05) is 13.3 Å². The van der Waals surface area contributed by atoms with Crippen LogP contribution in [0.5, 0.6) is 0 Å². The van der Waals surface area contributed by atoms with E-state index in [1.807, 2.05) is 0 Å². The molecule has 4 N–H and O–H groups in total. The molecule has 0 aliphatic heterocycles. The van der Waals surface area contributed by atoms with Crippen LogP contribution in [0, 0.1) is 0 Å². The van der Waals surface area contributed by atoms with Gasteiger partial charge in [-0.05, 0) is 34.1 Å². The maximum absolute atomic E-state index is 5.44. The van der Waals surface area contributed by atoms with Crippen LogP contribution < -0.4 is 21.5 Å². The molecule has 0 aliphatic rings. The minimum absolute atomic E-state index is 0.0670. The Labute approximate surface area is 121 Å². The average molecular weight is 281 g/mol. The van der Waals surface area contributed by atoms with Crippen molar-refractivity contribution in [2.75, 3.05) is 28.7 Å². The van der Waals surface area contributed by atoms with Crippen LogP contribution in [0.1, 0.15) is 47.5 Å². The Bertz CT molecular complexity index is 415. The van der Waals surface area contributed by atoms with Crippen LogP contribution in [0.4, 0.5) is 17.8 Å². The van der Waals surface area contributed by atoms with Gasteiger partial charge in [-0.25, -0.2) is 5.84 Å². The van der Waals surface area contributed by atoms with E-state index in [0.29, 0.717) is 17.8 Å². The summed E-state index contributed by atoms with van der Waals surface area (Å²) in [5.74, 6) is 7.00. The highest BCUT2D eigenvalue weighted by atomic mass is 15.4. The van der Waals surface area contributed by atoms with Gasteiger partial charge < -0.3 is 10.2 Å². The van der Waals surface area contributed by atoms with Crippen molar-refractivity contribution in [2.45, 2.75) is 53.0 Å². The van der Waals surface area contributed by atoms with Gasteiger partial charge in [0.1, 0.15) is 0 Å². The van der Waals surface area contributed by atoms with Gasteiger partial charge in [0.25, 0.3) is 0 Å². The van der Waals surface area contributed by atoms with E-state index < -0.39 is 0 Å². The van der Waals surface area contributed by atoms with E-state index in [9.17, 15) is 0 Å². The van der Waals surface area contributed by atoms with Gasteiger partial charge in [-0.15, -0.1) is 0 Å². The molecule has 0 aromatic carbocycles. The van der Waals surface area contributed by atoms with Crippen molar-refractivity contribution in [1.82, 2.24) is 15.0 Å². The first-order chi connectivity index (χ1) is 9.45. The lowest BCUT2D eigenvalue weighted by atomic mass is 9.99. The van der Waals surface area contributed by atoms with E-state index in [0.717, 1.165) is 25.9 Å². The van der Waals surface area contributed by atoms with Gasteiger partial charge in [-0.3, -0.25) is 5.43 Å². The zero-order chi connectivity index (χ0) is 15.2. The van der Waals surface area contributed by atoms with Crippen LogP contribution in [-0.4, -0.2) is 33.6 Å². The molecule has 1 rings (SSSR count). The lowest BCUT2D eigenvalue weighted by Crippen LogP contribution is -2.33. The van der Waals surface area contributed by atoms with Gasteiger partial charge >= 0.3 is 0 Å². The Morgan fingerprint density at radius 2 is 1.65 bits per heavy atom. The summed E-state index contributed by atoms with van der Waals surface area (Å²) in [6.45, 7) is 12.2.